The second-order valence-electron chi connectivity index (χ2n) is 7.52. The lowest BCUT2D eigenvalue weighted by Crippen LogP contribution is -2.42. The lowest BCUT2D eigenvalue weighted by Gasteiger charge is -2.38. The Morgan fingerprint density at radius 1 is 1.36 bits per heavy atom. The van der Waals surface area contributed by atoms with Gasteiger partial charge in [0.05, 0.1) is 18.8 Å². The minimum Gasteiger partial charge on any atom is -0.465 e. The molecule has 0 saturated carbocycles. The molecule has 1 aromatic carbocycles. The predicted molar refractivity (Wildman–Crippen MR) is 101 cm³/mol. The van der Waals surface area contributed by atoms with E-state index in [0.717, 1.165) is 20.5 Å². The van der Waals surface area contributed by atoms with Gasteiger partial charge in [-0.25, -0.2) is 9.18 Å². The zero-order valence-electron chi connectivity index (χ0n) is 14.5. The van der Waals surface area contributed by atoms with Crippen LogP contribution in [0.1, 0.15) is 43.5 Å². The molecule has 0 fully saturated rings. The third-order valence-corrected chi connectivity index (χ3v) is 5.50. The molecule has 25 heavy (non-hydrogen) atoms. The van der Waals surface area contributed by atoms with Crippen molar-refractivity contribution in [3.8, 4) is 0 Å². The normalized spacial score (nSPS) is 17.5. The van der Waals surface area contributed by atoms with Crippen LogP contribution >= 0.6 is 22.6 Å². The maximum Gasteiger partial charge on any atom is 0.407 e. The van der Waals surface area contributed by atoms with Gasteiger partial charge in [0.2, 0.25) is 0 Å². The molecule has 0 radical (unpaired) electrons. The molecule has 1 aliphatic rings. The molecule has 1 amide bonds. The first kappa shape index (κ1) is 18.2. The van der Waals surface area contributed by atoms with E-state index < -0.39 is 6.09 Å². The van der Waals surface area contributed by atoms with E-state index in [-0.39, 0.29) is 17.2 Å². The third kappa shape index (κ3) is 3.65. The van der Waals surface area contributed by atoms with E-state index in [9.17, 15) is 14.3 Å². The Morgan fingerprint density at radius 3 is 2.56 bits per heavy atom. The fraction of sp³-hybridized carbons (Fsp3) is 0.444. The summed E-state index contributed by atoms with van der Waals surface area (Å²) in [6, 6.07) is 6.32. The molecule has 3 rings (SSSR count). The van der Waals surface area contributed by atoms with Crippen LogP contribution < -0.4 is 0 Å². The lowest BCUT2D eigenvalue weighted by atomic mass is 9.75. The van der Waals surface area contributed by atoms with Gasteiger partial charge in [-0.2, -0.15) is 5.10 Å². The highest BCUT2D eigenvalue weighted by Crippen LogP contribution is 2.42. The number of carboxylic acid groups (broad SMARTS) is 1. The predicted octanol–water partition coefficient (Wildman–Crippen LogP) is 4.30. The van der Waals surface area contributed by atoms with E-state index in [2.05, 4.69) is 48.5 Å². The first-order chi connectivity index (χ1) is 11.7. The first-order valence-corrected chi connectivity index (χ1v) is 9.22. The molecule has 5 nitrogen and oxygen atoms in total. The Kier molecular flexibility index (Phi) is 4.78. The minimum absolute atomic E-state index is 0.0769. The molecule has 0 saturated heterocycles. The van der Waals surface area contributed by atoms with Gasteiger partial charge in [-0.3, -0.25) is 4.68 Å². The molecule has 2 heterocycles. The number of rotatable bonds is 2. The van der Waals surface area contributed by atoms with Crippen LogP contribution in [0.4, 0.5) is 9.18 Å². The van der Waals surface area contributed by atoms with Gasteiger partial charge in [0, 0.05) is 18.0 Å². The molecule has 1 unspecified atom stereocenters. The maximum absolute atomic E-state index is 13.1. The van der Waals surface area contributed by atoms with Gasteiger partial charge in [-0.15, -0.1) is 0 Å². The van der Waals surface area contributed by atoms with Crippen LogP contribution in [0.2, 0.25) is 0 Å². The summed E-state index contributed by atoms with van der Waals surface area (Å²) in [5.41, 5.74) is 2.94. The fourth-order valence-electron chi connectivity index (χ4n) is 3.29. The van der Waals surface area contributed by atoms with Crippen molar-refractivity contribution >= 4 is 28.7 Å². The Labute approximate surface area is 160 Å². The number of benzene rings is 1. The molecule has 0 spiro atoms. The Bertz CT molecular complexity index is 796. The average molecular weight is 457 g/mol. The number of amides is 1. The summed E-state index contributed by atoms with van der Waals surface area (Å²) in [6.07, 6.45) is -0.913. The van der Waals surface area contributed by atoms with E-state index in [1.54, 1.807) is 12.1 Å². The van der Waals surface area contributed by atoms with Crippen molar-refractivity contribution in [2.45, 2.75) is 39.8 Å². The van der Waals surface area contributed by atoms with Crippen molar-refractivity contribution in [3.05, 3.63) is 50.6 Å². The van der Waals surface area contributed by atoms with Crippen LogP contribution in [0.25, 0.3) is 0 Å². The van der Waals surface area contributed by atoms with Gasteiger partial charge in [0.15, 0.2) is 0 Å². The SMILES string of the molecule is CC(C)(C)C1CN(C(=O)O)Cc2c1c(I)nn2Cc1ccc(F)cc1. The summed E-state index contributed by atoms with van der Waals surface area (Å²) in [5, 5.41) is 14.2. The van der Waals surface area contributed by atoms with Crippen LogP contribution in [0.15, 0.2) is 24.3 Å². The van der Waals surface area contributed by atoms with Gasteiger partial charge in [0.1, 0.15) is 9.52 Å². The summed E-state index contributed by atoms with van der Waals surface area (Å²) in [5.74, 6) is -0.188. The van der Waals surface area contributed by atoms with Crippen molar-refractivity contribution in [3.63, 3.8) is 0 Å². The number of nitrogens with zero attached hydrogens (tertiary/aromatic N) is 3. The van der Waals surface area contributed by atoms with Gasteiger partial charge in [-0.1, -0.05) is 32.9 Å². The lowest BCUT2D eigenvalue weighted by molar-refractivity contribution is 0.119. The quantitative estimate of drug-likeness (QED) is 0.685. The molecule has 2 aromatic rings. The number of fused-ring (bicyclic) bond motifs is 1. The Hall–Kier alpha value is -1.64. The highest BCUT2D eigenvalue weighted by molar-refractivity contribution is 14.1. The molecule has 7 heteroatoms. The molecule has 1 aliphatic heterocycles. The summed E-state index contributed by atoms with van der Waals surface area (Å²) < 4.78 is 15.9. The topological polar surface area (TPSA) is 58.4 Å². The second kappa shape index (κ2) is 6.59. The van der Waals surface area contributed by atoms with Gasteiger partial charge in [0.25, 0.3) is 0 Å². The van der Waals surface area contributed by atoms with Crippen molar-refractivity contribution in [2.24, 2.45) is 5.41 Å². The zero-order valence-corrected chi connectivity index (χ0v) is 16.6. The molecular weight excluding hydrogens is 436 g/mol. The van der Waals surface area contributed by atoms with Crippen LogP contribution in [0.3, 0.4) is 0 Å². The number of carbonyl (C=O) groups is 1. The summed E-state index contributed by atoms with van der Waals surface area (Å²) in [7, 11) is 0. The van der Waals surface area contributed by atoms with Crippen LogP contribution in [-0.4, -0.2) is 32.4 Å². The zero-order chi connectivity index (χ0) is 18.4. The number of halogens is 2. The second-order valence-corrected chi connectivity index (χ2v) is 8.54. The van der Waals surface area contributed by atoms with Crippen molar-refractivity contribution in [1.82, 2.24) is 14.7 Å². The highest BCUT2D eigenvalue weighted by atomic mass is 127. The van der Waals surface area contributed by atoms with Crippen molar-refractivity contribution < 1.29 is 14.3 Å². The number of aromatic nitrogens is 2. The molecule has 0 bridgehead atoms. The Balaban J connectivity index is 2.03. The van der Waals surface area contributed by atoms with Gasteiger partial charge >= 0.3 is 6.09 Å². The van der Waals surface area contributed by atoms with E-state index in [1.807, 2.05) is 4.68 Å². The highest BCUT2D eigenvalue weighted by Gasteiger charge is 2.39. The number of hydrogen-bond donors (Lipinski definition) is 1. The largest absolute Gasteiger partial charge is 0.465 e. The monoisotopic (exact) mass is 457 g/mol. The van der Waals surface area contributed by atoms with E-state index in [1.165, 1.54) is 17.0 Å². The molecular formula is C18H21FIN3O2. The van der Waals surface area contributed by atoms with Gasteiger partial charge in [-0.05, 0) is 45.7 Å². The number of hydrogen-bond acceptors (Lipinski definition) is 2. The molecule has 0 aliphatic carbocycles. The van der Waals surface area contributed by atoms with Crippen LogP contribution in [0.5, 0.6) is 0 Å². The third-order valence-electron chi connectivity index (χ3n) is 4.71. The average Bonchev–Trinajstić information content (AvgIpc) is 2.84. The molecule has 134 valence electrons. The van der Waals surface area contributed by atoms with Crippen molar-refractivity contribution in [2.75, 3.05) is 6.54 Å². The standard InChI is InChI=1S/C18H21FIN3O2/c1-18(2,3)13-9-22(17(24)25)10-14-15(13)16(20)21-23(14)8-11-4-6-12(19)7-5-11/h4-7,13H,8-10H2,1-3H3,(H,24,25). The summed E-state index contributed by atoms with van der Waals surface area (Å²) in [6.45, 7) is 7.68. The summed E-state index contributed by atoms with van der Waals surface area (Å²) >= 11 is 2.23. The van der Waals surface area contributed by atoms with Gasteiger partial charge < -0.3 is 10.0 Å². The van der Waals surface area contributed by atoms with E-state index >= 15 is 0 Å². The maximum atomic E-state index is 13.1. The minimum atomic E-state index is -0.913. The van der Waals surface area contributed by atoms with E-state index in [0.29, 0.717) is 19.6 Å². The van der Waals surface area contributed by atoms with Crippen LogP contribution in [-0.2, 0) is 13.1 Å². The molecule has 1 aromatic heterocycles. The summed E-state index contributed by atoms with van der Waals surface area (Å²) in [4.78, 5) is 13.1. The van der Waals surface area contributed by atoms with E-state index in [4.69, 9.17) is 0 Å². The van der Waals surface area contributed by atoms with Crippen LogP contribution in [0, 0.1) is 14.9 Å². The molecule has 1 N–H and O–H groups in total. The first-order valence-electron chi connectivity index (χ1n) is 8.14. The van der Waals surface area contributed by atoms with Crippen molar-refractivity contribution in [1.29, 1.82) is 0 Å². The fourth-order valence-corrected chi connectivity index (χ4v) is 4.24. The smallest absolute Gasteiger partial charge is 0.407 e. The molecule has 1 atom stereocenters. The Morgan fingerprint density at radius 2 is 2.00 bits per heavy atom.